The zero-order chi connectivity index (χ0) is 20.1. The number of hydrogen-bond acceptors (Lipinski definition) is 6. The summed E-state index contributed by atoms with van der Waals surface area (Å²) in [6.45, 7) is 2.64. The van der Waals surface area contributed by atoms with Crippen LogP contribution in [-0.2, 0) is 21.4 Å². The maximum Gasteiger partial charge on any atom is 0.244 e. The maximum absolute atomic E-state index is 13.1. The van der Waals surface area contributed by atoms with Crippen molar-refractivity contribution in [3.8, 4) is 6.07 Å². The molecule has 0 aliphatic carbocycles. The van der Waals surface area contributed by atoms with E-state index in [1.807, 2.05) is 6.07 Å². The lowest BCUT2D eigenvalue weighted by atomic mass is 10.2. The smallest absolute Gasteiger partial charge is 0.244 e. The van der Waals surface area contributed by atoms with Crippen LogP contribution >= 0.6 is 0 Å². The van der Waals surface area contributed by atoms with Crippen LogP contribution in [0, 0.1) is 18.3 Å². The summed E-state index contributed by atoms with van der Waals surface area (Å²) in [5, 5.41) is 18.8. The van der Waals surface area contributed by atoms with E-state index in [4.69, 9.17) is 5.26 Å². The number of nitriles is 1. The van der Waals surface area contributed by atoms with E-state index in [1.54, 1.807) is 19.1 Å². The number of anilines is 1. The molecule has 1 aromatic carbocycles. The second-order valence-electron chi connectivity index (χ2n) is 6.74. The van der Waals surface area contributed by atoms with Crippen molar-refractivity contribution < 1.29 is 13.2 Å². The Balaban J connectivity index is 1.79. The number of aromatic nitrogens is 3. The van der Waals surface area contributed by atoms with Gasteiger partial charge in [0.1, 0.15) is 18.9 Å². The highest BCUT2D eigenvalue weighted by molar-refractivity contribution is 7.89. The second kappa shape index (κ2) is 8.50. The summed E-state index contributed by atoms with van der Waals surface area (Å²) in [7, 11) is -3.62. The summed E-state index contributed by atoms with van der Waals surface area (Å²) in [6.07, 6.45) is 5.08. The standard InChI is InChI=1S/C18H22N6O3S/c1-14-6-7-15(21-18(25)12-23-13-20-22-17(23)11-19)10-16(14)28(26,27)24-8-4-2-3-5-9-24/h6-7,10,13H,2-5,8-9,12H2,1H3,(H,21,25). The number of rotatable bonds is 5. The van der Waals surface area contributed by atoms with Gasteiger partial charge in [-0.2, -0.15) is 9.57 Å². The number of sulfonamides is 1. The first kappa shape index (κ1) is 20.0. The van der Waals surface area contributed by atoms with Crippen LogP contribution in [0.15, 0.2) is 29.4 Å². The van der Waals surface area contributed by atoms with Crippen LogP contribution in [0.3, 0.4) is 0 Å². The van der Waals surface area contributed by atoms with Crippen LogP contribution in [0.5, 0.6) is 0 Å². The molecule has 1 aliphatic heterocycles. The van der Waals surface area contributed by atoms with Gasteiger partial charge in [-0.05, 0) is 37.5 Å². The molecule has 148 valence electrons. The Morgan fingerprint density at radius 2 is 1.96 bits per heavy atom. The first-order valence-electron chi connectivity index (χ1n) is 9.10. The zero-order valence-corrected chi connectivity index (χ0v) is 16.4. The lowest BCUT2D eigenvalue weighted by Gasteiger charge is -2.21. The molecule has 28 heavy (non-hydrogen) atoms. The molecule has 1 aliphatic rings. The molecule has 2 heterocycles. The van der Waals surface area contributed by atoms with E-state index < -0.39 is 15.9 Å². The molecular formula is C18H22N6O3S. The summed E-state index contributed by atoms with van der Waals surface area (Å²) >= 11 is 0. The van der Waals surface area contributed by atoms with Crippen molar-refractivity contribution in [3.63, 3.8) is 0 Å². The van der Waals surface area contributed by atoms with Crippen LogP contribution in [-0.4, -0.2) is 46.5 Å². The molecule has 0 spiro atoms. The number of nitrogens with one attached hydrogen (secondary N) is 1. The van der Waals surface area contributed by atoms with Gasteiger partial charge in [-0.3, -0.25) is 9.36 Å². The monoisotopic (exact) mass is 402 g/mol. The molecule has 9 nitrogen and oxygen atoms in total. The van der Waals surface area contributed by atoms with Crippen LogP contribution in [0.2, 0.25) is 0 Å². The predicted molar refractivity (Wildman–Crippen MR) is 102 cm³/mol. The van der Waals surface area contributed by atoms with Gasteiger partial charge in [0, 0.05) is 18.8 Å². The molecule has 0 bridgehead atoms. The van der Waals surface area contributed by atoms with Crippen molar-refractivity contribution in [1.82, 2.24) is 19.1 Å². The molecule has 1 N–H and O–H groups in total. The van der Waals surface area contributed by atoms with Crippen LogP contribution < -0.4 is 5.32 Å². The van der Waals surface area contributed by atoms with Gasteiger partial charge in [0.25, 0.3) is 0 Å². The largest absolute Gasteiger partial charge is 0.324 e. The minimum absolute atomic E-state index is 0.0310. The lowest BCUT2D eigenvalue weighted by Crippen LogP contribution is -2.32. The van der Waals surface area contributed by atoms with Crippen molar-refractivity contribution in [1.29, 1.82) is 5.26 Å². The fourth-order valence-electron chi connectivity index (χ4n) is 3.19. The van der Waals surface area contributed by atoms with Crippen LogP contribution in [0.25, 0.3) is 0 Å². The number of aryl methyl sites for hydroxylation is 1. The predicted octanol–water partition coefficient (Wildman–Crippen LogP) is 1.66. The van der Waals surface area contributed by atoms with E-state index in [0.717, 1.165) is 25.7 Å². The summed E-state index contributed by atoms with van der Waals surface area (Å²) in [5.41, 5.74) is 1.02. The average molecular weight is 402 g/mol. The van der Waals surface area contributed by atoms with E-state index in [0.29, 0.717) is 24.3 Å². The Bertz CT molecular complexity index is 1000. The normalized spacial score (nSPS) is 15.6. The van der Waals surface area contributed by atoms with E-state index in [-0.39, 0.29) is 17.3 Å². The van der Waals surface area contributed by atoms with E-state index >= 15 is 0 Å². The SMILES string of the molecule is Cc1ccc(NC(=O)Cn2cnnc2C#N)cc1S(=O)(=O)N1CCCCCC1. The molecule has 1 saturated heterocycles. The van der Waals surface area contributed by atoms with Gasteiger partial charge < -0.3 is 5.32 Å². The third kappa shape index (κ3) is 4.37. The van der Waals surface area contributed by atoms with Crippen molar-refractivity contribution in [3.05, 3.63) is 35.9 Å². The van der Waals surface area contributed by atoms with Gasteiger partial charge in [-0.1, -0.05) is 18.9 Å². The zero-order valence-electron chi connectivity index (χ0n) is 15.6. The van der Waals surface area contributed by atoms with Gasteiger partial charge >= 0.3 is 0 Å². The third-order valence-electron chi connectivity index (χ3n) is 4.68. The number of carbonyl (C=O) groups excluding carboxylic acids is 1. The Morgan fingerprint density at radius 1 is 1.25 bits per heavy atom. The average Bonchev–Trinajstić information content (AvgIpc) is 2.92. The van der Waals surface area contributed by atoms with Gasteiger partial charge in [-0.25, -0.2) is 8.42 Å². The summed E-state index contributed by atoms with van der Waals surface area (Å²) in [4.78, 5) is 12.5. The number of hydrogen-bond donors (Lipinski definition) is 1. The van der Waals surface area contributed by atoms with E-state index in [9.17, 15) is 13.2 Å². The molecule has 0 saturated carbocycles. The number of nitrogens with zero attached hydrogens (tertiary/aromatic N) is 5. The molecule has 1 aromatic heterocycles. The van der Waals surface area contributed by atoms with Crippen molar-refractivity contribution in [2.24, 2.45) is 0 Å². The molecule has 0 unspecified atom stereocenters. The molecule has 0 atom stereocenters. The first-order valence-corrected chi connectivity index (χ1v) is 10.5. The summed E-state index contributed by atoms with van der Waals surface area (Å²) < 4.78 is 29.0. The Hall–Kier alpha value is -2.77. The fourth-order valence-corrected chi connectivity index (χ4v) is 4.96. The molecular weight excluding hydrogens is 380 g/mol. The Labute approximate surface area is 164 Å². The highest BCUT2D eigenvalue weighted by Gasteiger charge is 2.27. The van der Waals surface area contributed by atoms with Gasteiger partial charge in [0.05, 0.1) is 4.90 Å². The Kier molecular flexibility index (Phi) is 6.06. The fraction of sp³-hybridized carbons (Fsp3) is 0.444. The minimum Gasteiger partial charge on any atom is -0.324 e. The summed E-state index contributed by atoms with van der Waals surface area (Å²) in [6, 6.07) is 6.68. The molecule has 3 rings (SSSR count). The topological polar surface area (TPSA) is 121 Å². The quantitative estimate of drug-likeness (QED) is 0.812. The van der Waals surface area contributed by atoms with Crippen molar-refractivity contribution >= 4 is 21.6 Å². The Morgan fingerprint density at radius 3 is 2.64 bits per heavy atom. The van der Waals surface area contributed by atoms with Gasteiger partial charge in [0.2, 0.25) is 21.8 Å². The minimum atomic E-state index is -3.62. The first-order chi connectivity index (χ1) is 13.4. The van der Waals surface area contributed by atoms with Crippen LogP contribution in [0.1, 0.15) is 37.1 Å². The number of carbonyl (C=O) groups is 1. The van der Waals surface area contributed by atoms with Gasteiger partial charge in [-0.15, -0.1) is 10.2 Å². The van der Waals surface area contributed by atoms with Crippen molar-refractivity contribution in [2.75, 3.05) is 18.4 Å². The van der Waals surface area contributed by atoms with E-state index in [1.165, 1.54) is 21.3 Å². The molecule has 1 fully saturated rings. The second-order valence-corrected chi connectivity index (χ2v) is 8.65. The molecule has 1 amide bonds. The molecule has 0 radical (unpaired) electrons. The number of amides is 1. The molecule has 10 heteroatoms. The molecule has 2 aromatic rings. The number of benzene rings is 1. The highest BCUT2D eigenvalue weighted by Crippen LogP contribution is 2.25. The third-order valence-corrected chi connectivity index (χ3v) is 6.72. The van der Waals surface area contributed by atoms with Crippen LogP contribution in [0.4, 0.5) is 5.69 Å². The lowest BCUT2D eigenvalue weighted by molar-refractivity contribution is -0.116. The van der Waals surface area contributed by atoms with Crippen molar-refractivity contribution in [2.45, 2.75) is 44.0 Å². The maximum atomic E-state index is 13.1. The highest BCUT2D eigenvalue weighted by atomic mass is 32.2. The summed E-state index contributed by atoms with van der Waals surface area (Å²) in [5.74, 6) is -0.373. The van der Waals surface area contributed by atoms with Gasteiger partial charge in [0.15, 0.2) is 0 Å². The van der Waals surface area contributed by atoms with E-state index in [2.05, 4.69) is 15.5 Å².